The van der Waals surface area contributed by atoms with Crippen molar-refractivity contribution < 1.29 is 4.79 Å². The topological polar surface area (TPSA) is 38.1 Å². The fourth-order valence-electron chi connectivity index (χ4n) is 4.06. The predicted molar refractivity (Wildman–Crippen MR) is 109 cm³/mol. The third kappa shape index (κ3) is 3.48. The molecule has 1 saturated heterocycles. The molecule has 1 aromatic heterocycles. The van der Waals surface area contributed by atoms with Crippen molar-refractivity contribution in [2.75, 3.05) is 6.54 Å². The smallest absolute Gasteiger partial charge is 0.223 e. The van der Waals surface area contributed by atoms with Gasteiger partial charge < -0.3 is 9.47 Å². The van der Waals surface area contributed by atoms with Crippen molar-refractivity contribution in [3.63, 3.8) is 0 Å². The maximum absolute atomic E-state index is 12.6. The number of hydrogen-bond acceptors (Lipinski definition) is 2. The van der Waals surface area contributed by atoms with E-state index in [9.17, 15) is 4.79 Å². The lowest BCUT2D eigenvalue weighted by molar-refractivity contribution is -0.131. The van der Waals surface area contributed by atoms with Crippen LogP contribution in [0, 0.1) is 0 Å². The molecule has 1 unspecified atom stereocenters. The Kier molecular flexibility index (Phi) is 4.50. The van der Waals surface area contributed by atoms with Crippen LogP contribution in [0.15, 0.2) is 54.6 Å². The van der Waals surface area contributed by atoms with Gasteiger partial charge in [0.25, 0.3) is 0 Å². The third-order valence-corrected chi connectivity index (χ3v) is 5.45. The van der Waals surface area contributed by atoms with Gasteiger partial charge in [0.2, 0.25) is 5.91 Å². The van der Waals surface area contributed by atoms with Gasteiger partial charge in [-0.1, -0.05) is 42.5 Å². The minimum absolute atomic E-state index is 0.146. The van der Waals surface area contributed by atoms with Crippen LogP contribution in [0.4, 0.5) is 0 Å². The monoisotopic (exact) mass is 361 g/mol. The number of amides is 1. The zero-order valence-corrected chi connectivity index (χ0v) is 16.4. The maximum atomic E-state index is 12.6. The zero-order valence-electron chi connectivity index (χ0n) is 16.4. The number of para-hydroxylation sites is 2. The van der Waals surface area contributed by atoms with Crippen LogP contribution in [-0.4, -0.2) is 32.4 Å². The Morgan fingerprint density at radius 3 is 2.44 bits per heavy atom. The zero-order chi connectivity index (χ0) is 19.0. The lowest BCUT2D eigenvalue weighted by Gasteiger charge is -2.32. The second-order valence-corrected chi connectivity index (χ2v) is 8.42. The van der Waals surface area contributed by atoms with Gasteiger partial charge in [0.15, 0.2) is 0 Å². The molecule has 0 aliphatic carbocycles. The summed E-state index contributed by atoms with van der Waals surface area (Å²) in [6.07, 6.45) is 1.50. The van der Waals surface area contributed by atoms with E-state index in [4.69, 9.17) is 4.98 Å². The SMILES string of the molecule is CC(C)(C)N1CC(c2nc3ccccc3n2CCc2ccccc2)CC1=O. The molecule has 0 spiro atoms. The number of imidazole rings is 1. The minimum Gasteiger partial charge on any atom is -0.337 e. The van der Waals surface area contributed by atoms with E-state index in [0.29, 0.717) is 6.42 Å². The highest BCUT2D eigenvalue weighted by Crippen LogP contribution is 2.34. The Morgan fingerprint density at radius 2 is 1.74 bits per heavy atom. The molecule has 0 radical (unpaired) electrons. The predicted octanol–water partition coefficient (Wildman–Crippen LogP) is 4.39. The lowest BCUT2D eigenvalue weighted by atomic mass is 10.1. The number of carbonyl (C=O) groups is 1. The number of aromatic nitrogens is 2. The highest BCUT2D eigenvalue weighted by molar-refractivity contribution is 5.81. The van der Waals surface area contributed by atoms with Crippen molar-refractivity contribution in [3.8, 4) is 0 Å². The molecule has 1 aliphatic rings. The van der Waals surface area contributed by atoms with E-state index in [-0.39, 0.29) is 17.4 Å². The van der Waals surface area contributed by atoms with Crippen molar-refractivity contribution in [1.82, 2.24) is 14.5 Å². The molecule has 4 rings (SSSR count). The van der Waals surface area contributed by atoms with Gasteiger partial charge in [-0.3, -0.25) is 4.79 Å². The number of likely N-dealkylation sites (tertiary alicyclic amines) is 1. The molecule has 0 bridgehead atoms. The quantitative estimate of drug-likeness (QED) is 0.691. The maximum Gasteiger partial charge on any atom is 0.223 e. The molecule has 2 aromatic carbocycles. The van der Waals surface area contributed by atoms with E-state index < -0.39 is 0 Å². The standard InChI is InChI=1S/C23H27N3O/c1-23(2,3)26-16-18(15-21(26)27)22-24-19-11-7-8-12-20(19)25(22)14-13-17-9-5-4-6-10-17/h4-12,18H,13-16H2,1-3H3. The number of carbonyl (C=O) groups excluding carboxylic acids is 1. The third-order valence-electron chi connectivity index (χ3n) is 5.45. The summed E-state index contributed by atoms with van der Waals surface area (Å²) in [5.74, 6) is 1.43. The molecule has 140 valence electrons. The molecule has 2 heterocycles. The van der Waals surface area contributed by atoms with Gasteiger partial charge >= 0.3 is 0 Å². The normalized spacial score (nSPS) is 17.8. The number of nitrogens with zero attached hydrogens (tertiary/aromatic N) is 3. The summed E-state index contributed by atoms with van der Waals surface area (Å²) in [6.45, 7) is 7.93. The number of hydrogen-bond donors (Lipinski definition) is 0. The molecule has 3 aromatic rings. The second kappa shape index (κ2) is 6.84. The molecule has 4 nitrogen and oxygen atoms in total. The summed E-state index contributed by atoms with van der Waals surface area (Å²) < 4.78 is 2.33. The van der Waals surface area contributed by atoms with E-state index in [1.165, 1.54) is 5.56 Å². The molecule has 4 heteroatoms. The Hall–Kier alpha value is -2.62. The van der Waals surface area contributed by atoms with Crippen LogP contribution in [0.3, 0.4) is 0 Å². The van der Waals surface area contributed by atoms with Crippen LogP contribution in [0.2, 0.25) is 0 Å². The first-order valence-corrected chi connectivity index (χ1v) is 9.73. The van der Waals surface area contributed by atoms with Crippen molar-refractivity contribution in [2.24, 2.45) is 0 Å². The minimum atomic E-state index is -0.146. The molecule has 1 amide bonds. The van der Waals surface area contributed by atoms with E-state index in [1.54, 1.807) is 0 Å². The van der Waals surface area contributed by atoms with E-state index >= 15 is 0 Å². The fourth-order valence-corrected chi connectivity index (χ4v) is 4.06. The highest BCUT2D eigenvalue weighted by atomic mass is 16.2. The molecule has 1 aliphatic heterocycles. The number of benzene rings is 2. The first-order valence-electron chi connectivity index (χ1n) is 9.73. The second-order valence-electron chi connectivity index (χ2n) is 8.42. The van der Waals surface area contributed by atoms with Crippen molar-refractivity contribution in [2.45, 2.75) is 51.6 Å². The number of aryl methyl sites for hydroxylation is 2. The first-order chi connectivity index (χ1) is 12.9. The average Bonchev–Trinajstić information content (AvgIpc) is 3.21. The molecule has 1 fully saturated rings. The largest absolute Gasteiger partial charge is 0.337 e. The van der Waals surface area contributed by atoms with Crippen molar-refractivity contribution >= 4 is 16.9 Å². The van der Waals surface area contributed by atoms with Gasteiger partial charge in [0.1, 0.15) is 5.82 Å². The van der Waals surface area contributed by atoms with E-state index in [0.717, 1.165) is 36.4 Å². The first kappa shape index (κ1) is 17.8. The Labute approximate surface area is 160 Å². The Balaban J connectivity index is 1.67. The summed E-state index contributed by atoms with van der Waals surface area (Å²) in [6, 6.07) is 18.8. The summed E-state index contributed by atoms with van der Waals surface area (Å²) in [4.78, 5) is 19.5. The number of fused-ring (bicyclic) bond motifs is 1. The van der Waals surface area contributed by atoms with Gasteiger partial charge in [0.05, 0.1) is 11.0 Å². The summed E-state index contributed by atoms with van der Waals surface area (Å²) >= 11 is 0. The van der Waals surface area contributed by atoms with E-state index in [2.05, 4.69) is 67.8 Å². The summed E-state index contributed by atoms with van der Waals surface area (Å²) in [7, 11) is 0. The van der Waals surface area contributed by atoms with Gasteiger partial charge in [-0.15, -0.1) is 0 Å². The summed E-state index contributed by atoms with van der Waals surface area (Å²) in [5, 5.41) is 0. The van der Waals surface area contributed by atoms with Crippen LogP contribution >= 0.6 is 0 Å². The summed E-state index contributed by atoms with van der Waals surface area (Å²) in [5.41, 5.74) is 3.35. The van der Waals surface area contributed by atoms with E-state index in [1.807, 2.05) is 17.0 Å². The molecular formula is C23H27N3O. The van der Waals surface area contributed by atoms with Crippen LogP contribution in [0.1, 0.15) is 44.5 Å². The van der Waals surface area contributed by atoms with Crippen LogP contribution in [0.5, 0.6) is 0 Å². The molecular weight excluding hydrogens is 334 g/mol. The molecule has 27 heavy (non-hydrogen) atoms. The van der Waals surface area contributed by atoms with Crippen LogP contribution in [0.25, 0.3) is 11.0 Å². The van der Waals surface area contributed by atoms with Gasteiger partial charge in [-0.2, -0.15) is 0 Å². The molecule has 1 atom stereocenters. The van der Waals surface area contributed by atoms with Crippen molar-refractivity contribution in [3.05, 3.63) is 66.0 Å². The molecule has 0 N–H and O–H groups in total. The van der Waals surface area contributed by atoms with Gasteiger partial charge in [0, 0.05) is 31.0 Å². The lowest BCUT2D eigenvalue weighted by Crippen LogP contribution is -2.42. The Morgan fingerprint density at radius 1 is 1.04 bits per heavy atom. The van der Waals surface area contributed by atoms with Crippen molar-refractivity contribution in [1.29, 1.82) is 0 Å². The van der Waals surface area contributed by atoms with Gasteiger partial charge in [-0.05, 0) is 44.9 Å². The van der Waals surface area contributed by atoms with Crippen LogP contribution in [-0.2, 0) is 17.8 Å². The Bertz CT molecular complexity index is 953. The average molecular weight is 361 g/mol. The van der Waals surface area contributed by atoms with Gasteiger partial charge in [-0.25, -0.2) is 4.98 Å². The highest BCUT2D eigenvalue weighted by Gasteiger charge is 2.38. The molecule has 0 saturated carbocycles. The fraction of sp³-hybridized carbons (Fsp3) is 0.391. The number of rotatable bonds is 4. The van der Waals surface area contributed by atoms with Crippen LogP contribution < -0.4 is 0 Å².